The monoisotopic (exact) mass is 684 g/mol. The Labute approximate surface area is 313 Å². The largest absolute Gasteiger partial charge is 0.228 e. The Bertz CT molecular complexity index is 2110. The van der Waals surface area contributed by atoms with Crippen LogP contribution in [0.25, 0.3) is 56.2 Å². The van der Waals surface area contributed by atoms with E-state index in [1.54, 1.807) is 0 Å². The van der Waals surface area contributed by atoms with Gasteiger partial charge < -0.3 is 0 Å². The van der Waals surface area contributed by atoms with Crippen LogP contribution in [0.2, 0.25) is 0 Å². The van der Waals surface area contributed by atoms with E-state index in [1.165, 1.54) is 44.5 Å². The summed E-state index contributed by atoms with van der Waals surface area (Å²) in [5.74, 6) is 0.729. The van der Waals surface area contributed by atoms with Crippen molar-refractivity contribution in [2.24, 2.45) is 0 Å². The first-order valence-electron chi connectivity index (χ1n) is 18.7. The van der Waals surface area contributed by atoms with Crippen molar-refractivity contribution >= 4 is 0 Å². The van der Waals surface area contributed by atoms with Crippen LogP contribution in [0.3, 0.4) is 0 Å². The molecule has 0 fully saturated rings. The Morgan fingerprint density at radius 2 is 0.577 bits per heavy atom. The number of nitrogens with zero attached hydrogens (tertiary/aromatic N) is 2. The molecular weight excluding hydrogens is 629 g/mol. The predicted molar refractivity (Wildman–Crippen MR) is 224 cm³/mol. The topological polar surface area (TPSA) is 25.8 Å². The normalized spacial score (nSPS) is 12.6. The van der Waals surface area contributed by atoms with E-state index < -0.39 is 0 Å². The molecule has 0 radical (unpaired) electrons. The van der Waals surface area contributed by atoms with E-state index in [-0.39, 0.29) is 21.7 Å². The highest BCUT2D eigenvalue weighted by molar-refractivity contribution is 5.80. The highest BCUT2D eigenvalue weighted by atomic mass is 14.9. The molecule has 0 amide bonds. The van der Waals surface area contributed by atoms with Gasteiger partial charge in [-0.15, -0.1) is 0 Å². The molecule has 6 rings (SSSR count). The van der Waals surface area contributed by atoms with E-state index in [0.717, 1.165) is 33.9 Å². The van der Waals surface area contributed by atoms with Gasteiger partial charge in [0.15, 0.2) is 5.82 Å². The van der Waals surface area contributed by atoms with Crippen molar-refractivity contribution in [1.82, 2.24) is 9.97 Å². The van der Waals surface area contributed by atoms with Crippen LogP contribution in [0, 0.1) is 0 Å². The summed E-state index contributed by atoms with van der Waals surface area (Å²) in [5.41, 5.74) is 15.1. The summed E-state index contributed by atoms with van der Waals surface area (Å²) in [4.78, 5) is 10.5. The van der Waals surface area contributed by atoms with Crippen LogP contribution in [0.5, 0.6) is 0 Å². The van der Waals surface area contributed by atoms with Crippen molar-refractivity contribution in [2.45, 2.75) is 105 Å². The van der Waals surface area contributed by atoms with E-state index in [0.29, 0.717) is 0 Å². The van der Waals surface area contributed by atoms with Crippen molar-refractivity contribution < 1.29 is 0 Å². The van der Waals surface area contributed by atoms with Gasteiger partial charge in [0.25, 0.3) is 0 Å². The number of rotatable bonds is 5. The Hall–Kier alpha value is -4.82. The predicted octanol–water partition coefficient (Wildman–Crippen LogP) is 14.0. The smallest absolute Gasteiger partial charge is 0.160 e. The maximum absolute atomic E-state index is 5.23. The summed E-state index contributed by atoms with van der Waals surface area (Å²) in [6.07, 6.45) is 0. The van der Waals surface area contributed by atoms with Gasteiger partial charge in [-0.2, -0.15) is 0 Å². The van der Waals surface area contributed by atoms with E-state index in [2.05, 4.69) is 192 Å². The van der Waals surface area contributed by atoms with Gasteiger partial charge in [-0.25, -0.2) is 9.97 Å². The zero-order valence-corrected chi connectivity index (χ0v) is 33.4. The van der Waals surface area contributed by atoms with Gasteiger partial charge in [0, 0.05) is 16.7 Å². The maximum Gasteiger partial charge on any atom is 0.160 e. The summed E-state index contributed by atoms with van der Waals surface area (Å²) in [6.45, 7) is 27.7. The molecule has 0 bridgehead atoms. The minimum atomic E-state index is -0.0861. The maximum atomic E-state index is 5.23. The van der Waals surface area contributed by atoms with Gasteiger partial charge >= 0.3 is 0 Å². The Kier molecular flexibility index (Phi) is 9.68. The molecule has 0 aliphatic carbocycles. The fraction of sp³-hybridized carbons (Fsp3) is 0.320. The van der Waals surface area contributed by atoms with E-state index in [1.807, 2.05) is 12.1 Å². The molecule has 0 saturated heterocycles. The van der Waals surface area contributed by atoms with Gasteiger partial charge in [0.2, 0.25) is 0 Å². The summed E-state index contributed by atoms with van der Waals surface area (Å²) in [6, 6.07) is 44.4. The molecular formula is C50H56N2. The summed E-state index contributed by atoms with van der Waals surface area (Å²) >= 11 is 0. The van der Waals surface area contributed by atoms with Crippen molar-refractivity contribution in [3.63, 3.8) is 0 Å². The average molecular weight is 685 g/mol. The fourth-order valence-electron chi connectivity index (χ4n) is 6.50. The third kappa shape index (κ3) is 8.28. The molecule has 0 aliphatic rings. The lowest BCUT2D eigenvalue weighted by molar-refractivity contribution is 0.569. The second kappa shape index (κ2) is 13.6. The third-order valence-corrected chi connectivity index (χ3v) is 10.1. The van der Waals surface area contributed by atoms with E-state index in [4.69, 9.17) is 9.97 Å². The molecule has 0 atom stereocenters. The molecule has 5 aromatic carbocycles. The summed E-state index contributed by atoms with van der Waals surface area (Å²) in [7, 11) is 0. The van der Waals surface area contributed by atoms with Gasteiger partial charge in [-0.05, 0) is 90.4 Å². The molecule has 2 nitrogen and oxygen atoms in total. The summed E-state index contributed by atoms with van der Waals surface area (Å²) in [5, 5.41) is 0. The number of hydrogen-bond acceptors (Lipinski definition) is 2. The molecule has 266 valence electrons. The van der Waals surface area contributed by atoms with Gasteiger partial charge in [-0.3, -0.25) is 0 Å². The summed E-state index contributed by atoms with van der Waals surface area (Å²) < 4.78 is 0. The van der Waals surface area contributed by atoms with Crippen molar-refractivity contribution in [3.8, 4) is 56.2 Å². The van der Waals surface area contributed by atoms with Crippen LogP contribution in [-0.4, -0.2) is 9.97 Å². The second-order valence-electron chi connectivity index (χ2n) is 18.6. The lowest BCUT2D eigenvalue weighted by Gasteiger charge is -2.27. The fourth-order valence-corrected chi connectivity index (χ4v) is 6.50. The molecule has 0 N–H and O–H groups in total. The van der Waals surface area contributed by atoms with Gasteiger partial charge in [0.1, 0.15) is 0 Å². The van der Waals surface area contributed by atoms with Gasteiger partial charge in [0.05, 0.1) is 11.4 Å². The standard InChI is InChI=1S/C50H56N2/c1-47(2,3)40-25-35(23-36(26-40)38-28-42(49(7,8)9)31-43(29-38)50(10,11)12)37-24-39(30-41(27-37)48(4,5)6)46-51-44(33-19-15-13-16-20-33)32-45(52-46)34-21-17-14-18-22-34/h13-32H,1-12H3. The van der Waals surface area contributed by atoms with Crippen LogP contribution >= 0.6 is 0 Å². The number of aromatic nitrogens is 2. The second-order valence-corrected chi connectivity index (χ2v) is 18.6. The minimum Gasteiger partial charge on any atom is -0.228 e. The molecule has 2 heteroatoms. The number of hydrogen-bond donors (Lipinski definition) is 0. The van der Waals surface area contributed by atoms with Crippen LogP contribution < -0.4 is 0 Å². The molecule has 1 heterocycles. The molecule has 0 unspecified atom stereocenters. The molecule has 0 aliphatic heterocycles. The van der Waals surface area contributed by atoms with Crippen molar-refractivity contribution in [2.75, 3.05) is 0 Å². The quantitative estimate of drug-likeness (QED) is 0.181. The molecule has 52 heavy (non-hydrogen) atoms. The first kappa shape index (κ1) is 37.0. The van der Waals surface area contributed by atoms with Crippen molar-refractivity contribution in [3.05, 3.63) is 144 Å². The van der Waals surface area contributed by atoms with Gasteiger partial charge in [-0.1, -0.05) is 180 Å². The number of benzene rings is 5. The van der Waals surface area contributed by atoms with Crippen LogP contribution in [-0.2, 0) is 21.7 Å². The van der Waals surface area contributed by atoms with Crippen LogP contribution in [0.15, 0.2) is 121 Å². The molecule has 0 spiro atoms. The lowest BCUT2D eigenvalue weighted by atomic mass is 9.77. The van der Waals surface area contributed by atoms with E-state index in [9.17, 15) is 0 Å². The van der Waals surface area contributed by atoms with Crippen molar-refractivity contribution in [1.29, 1.82) is 0 Å². The highest BCUT2D eigenvalue weighted by Gasteiger charge is 2.24. The Morgan fingerprint density at radius 1 is 0.288 bits per heavy atom. The average Bonchev–Trinajstić information content (AvgIpc) is 3.10. The SMILES string of the molecule is CC(C)(C)c1cc(-c2cc(-c3nc(-c4ccccc4)cc(-c4ccccc4)n3)cc(C(C)(C)C)c2)cc(-c2cc(C(C)(C)C)cc(C(C)(C)C)c2)c1. The minimum absolute atomic E-state index is 0.0311. The molecule has 1 aromatic heterocycles. The van der Waals surface area contributed by atoms with Crippen LogP contribution in [0.4, 0.5) is 0 Å². The molecule has 6 aromatic rings. The first-order chi connectivity index (χ1) is 24.3. The zero-order chi connectivity index (χ0) is 37.6. The Morgan fingerprint density at radius 3 is 0.923 bits per heavy atom. The lowest BCUT2D eigenvalue weighted by Crippen LogP contribution is -2.16. The first-order valence-corrected chi connectivity index (χ1v) is 18.7. The highest BCUT2D eigenvalue weighted by Crippen LogP contribution is 2.40. The van der Waals surface area contributed by atoms with E-state index >= 15 is 0 Å². The zero-order valence-electron chi connectivity index (χ0n) is 33.4. The van der Waals surface area contributed by atoms with Crippen LogP contribution in [0.1, 0.15) is 105 Å². The third-order valence-electron chi connectivity index (χ3n) is 10.1. The molecule has 0 saturated carbocycles. The Balaban J connectivity index is 1.61.